The zero-order chi connectivity index (χ0) is 15.2. The number of rotatable bonds is 2. The van der Waals surface area contributed by atoms with Crippen LogP contribution in [0.1, 0.15) is 21.5 Å². The summed E-state index contributed by atoms with van der Waals surface area (Å²) in [5.74, 6) is 4.34. The Morgan fingerprint density at radius 2 is 2.19 bits per heavy atom. The van der Waals surface area contributed by atoms with Crippen molar-refractivity contribution in [3.63, 3.8) is 0 Å². The van der Waals surface area contributed by atoms with Crippen LogP contribution in [0.5, 0.6) is 0 Å². The normalized spacial score (nSPS) is 9.67. The smallest absolute Gasteiger partial charge is 0.257 e. The maximum Gasteiger partial charge on any atom is 0.257 e. The molecule has 0 radical (unpaired) electrons. The molecule has 1 aromatic heterocycles. The van der Waals surface area contributed by atoms with Crippen molar-refractivity contribution in [3.05, 3.63) is 59.2 Å². The Hall–Kier alpha value is -2.71. The molecule has 5 heteroatoms. The summed E-state index contributed by atoms with van der Waals surface area (Å²) in [6, 6.07) is 6.36. The van der Waals surface area contributed by atoms with Crippen LogP contribution in [0.15, 0.2) is 36.7 Å². The van der Waals surface area contributed by atoms with Gasteiger partial charge in [0.1, 0.15) is 12.4 Å². The van der Waals surface area contributed by atoms with E-state index in [2.05, 4.69) is 22.1 Å². The summed E-state index contributed by atoms with van der Waals surface area (Å²) in [5, 5.41) is 11.3. The SMILES string of the molecule is Cc1cc(C#CCO)ccc1NC(=O)c1cncc(F)c1. The third-order valence-electron chi connectivity index (χ3n) is 2.75. The summed E-state index contributed by atoms with van der Waals surface area (Å²) < 4.78 is 13.0. The van der Waals surface area contributed by atoms with Crippen LogP contribution in [0.4, 0.5) is 10.1 Å². The number of hydrogen-bond donors (Lipinski definition) is 2. The van der Waals surface area contributed by atoms with Crippen molar-refractivity contribution in [1.82, 2.24) is 4.98 Å². The number of hydrogen-bond acceptors (Lipinski definition) is 3. The third-order valence-corrected chi connectivity index (χ3v) is 2.75. The Morgan fingerprint density at radius 1 is 1.38 bits per heavy atom. The molecule has 2 aromatic rings. The molecule has 106 valence electrons. The van der Waals surface area contributed by atoms with Crippen LogP contribution in [0.2, 0.25) is 0 Å². The van der Waals surface area contributed by atoms with Gasteiger partial charge < -0.3 is 10.4 Å². The summed E-state index contributed by atoms with van der Waals surface area (Å²) in [4.78, 5) is 15.6. The number of aromatic nitrogens is 1. The Kier molecular flexibility index (Phi) is 4.64. The Labute approximate surface area is 121 Å². The van der Waals surface area contributed by atoms with E-state index in [0.717, 1.165) is 23.4 Å². The number of benzene rings is 1. The number of aliphatic hydroxyl groups is 1. The monoisotopic (exact) mass is 284 g/mol. The Balaban J connectivity index is 2.18. The number of carbonyl (C=O) groups excluding carboxylic acids is 1. The highest BCUT2D eigenvalue weighted by molar-refractivity contribution is 6.04. The van der Waals surface area contributed by atoms with E-state index in [0.29, 0.717) is 5.69 Å². The van der Waals surface area contributed by atoms with Crippen LogP contribution in [0, 0.1) is 24.6 Å². The molecule has 0 aliphatic heterocycles. The largest absolute Gasteiger partial charge is 0.384 e. The number of halogens is 1. The van der Waals surface area contributed by atoms with Crippen molar-refractivity contribution >= 4 is 11.6 Å². The number of anilines is 1. The predicted molar refractivity (Wildman–Crippen MR) is 77.3 cm³/mol. The van der Waals surface area contributed by atoms with Crippen LogP contribution in [-0.4, -0.2) is 22.6 Å². The molecule has 0 aliphatic rings. The van der Waals surface area contributed by atoms with E-state index in [1.54, 1.807) is 18.2 Å². The first-order valence-electron chi connectivity index (χ1n) is 6.22. The Morgan fingerprint density at radius 3 is 2.86 bits per heavy atom. The highest BCUT2D eigenvalue weighted by atomic mass is 19.1. The second-order valence-corrected chi connectivity index (χ2v) is 4.34. The second kappa shape index (κ2) is 6.64. The lowest BCUT2D eigenvalue weighted by atomic mass is 10.1. The number of aryl methyl sites for hydroxylation is 1. The molecule has 1 heterocycles. The van der Waals surface area contributed by atoms with Crippen LogP contribution in [0.3, 0.4) is 0 Å². The fraction of sp³-hybridized carbons (Fsp3) is 0.125. The zero-order valence-electron chi connectivity index (χ0n) is 11.4. The number of nitrogens with one attached hydrogen (secondary N) is 1. The zero-order valence-corrected chi connectivity index (χ0v) is 11.4. The standard InChI is InChI=1S/C16H13FN2O2/c1-11-7-12(3-2-6-20)4-5-15(11)19-16(21)13-8-14(17)10-18-9-13/h4-5,7-10,20H,6H2,1H3,(H,19,21). The Bertz CT molecular complexity index is 733. The van der Waals surface area contributed by atoms with Crippen molar-refractivity contribution in [2.45, 2.75) is 6.92 Å². The predicted octanol–water partition coefficient (Wildman–Crippen LogP) is 2.13. The molecule has 2 N–H and O–H groups in total. The minimum atomic E-state index is -0.561. The van der Waals surface area contributed by atoms with Crippen molar-refractivity contribution in [3.8, 4) is 11.8 Å². The fourth-order valence-corrected chi connectivity index (χ4v) is 1.75. The first-order valence-corrected chi connectivity index (χ1v) is 6.22. The summed E-state index contributed by atoms with van der Waals surface area (Å²) in [7, 11) is 0. The van der Waals surface area contributed by atoms with Crippen molar-refractivity contribution in [2.24, 2.45) is 0 Å². The van der Waals surface area contributed by atoms with Crippen LogP contribution in [0.25, 0.3) is 0 Å². The molecule has 0 spiro atoms. The van der Waals surface area contributed by atoms with E-state index in [1.807, 2.05) is 6.92 Å². The molecule has 2 rings (SSSR count). The molecule has 1 aromatic carbocycles. The van der Waals surface area contributed by atoms with Gasteiger partial charge in [-0.1, -0.05) is 11.8 Å². The fourth-order valence-electron chi connectivity index (χ4n) is 1.75. The van der Waals surface area contributed by atoms with E-state index >= 15 is 0 Å². The average molecular weight is 284 g/mol. The summed E-state index contributed by atoms with van der Waals surface area (Å²) >= 11 is 0. The molecule has 0 unspecified atom stereocenters. The molecule has 0 atom stereocenters. The molecular weight excluding hydrogens is 271 g/mol. The van der Waals surface area contributed by atoms with Gasteiger partial charge in [-0.15, -0.1) is 0 Å². The van der Waals surface area contributed by atoms with Crippen molar-refractivity contribution in [2.75, 3.05) is 11.9 Å². The lowest BCUT2D eigenvalue weighted by Crippen LogP contribution is -2.13. The molecule has 4 nitrogen and oxygen atoms in total. The van der Waals surface area contributed by atoms with Crippen molar-refractivity contribution < 1.29 is 14.3 Å². The quantitative estimate of drug-likeness (QED) is 0.830. The lowest BCUT2D eigenvalue weighted by molar-refractivity contribution is 0.102. The lowest BCUT2D eigenvalue weighted by Gasteiger charge is -2.08. The van der Waals surface area contributed by atoms with E-state index in [4.69, 9.17) is 5.11 Å². The van der Waals surface area contributed by atoms with Crippen molar-refractivity contribution in [1.29, 1.82) is 0 Å². The molecule has 0 saturated heterocycles. The first-order chi connectivity index (χ1) is 10.1. The number of nitrogens with zero attached hydrogens (tertiary/aromatic N) is 1. The van der Waals surface area contributed by atoms with Gasteiger partial charge in [-0.05, 0) is 36.8 Å². The topological polar surface area (TPSA) is 62.2 Å². The number of aliphatic hydroxyl groups excluding tert-OH is 1. The van der Waals surface area contributed by atoms with Gasteiger partial charge in [0.25, 0.3) is 5.91 Å². The molecule has 0 bridgehead atoms. The molecule has 0 saturated carbocycles. The average Bonchev–Trinajstić information content (AvgIpc) is 2.47. The van der Waals surface area contributed by atoms with Crippen LogP contribution in [-0.2, 0) is 0 Å². The van der Waals surface area contributed by atoms with Gasteiger partial charge in [-0.2, -0.15) is 0 Å². The summed E-state index contributed by atoms with van der Waals surface area (Å²) in [6.07, 6.45) is 2.34. The summed E-state index contributed by atoms with van der Waals surface area (Å²) in [6.45, 7) is 1.62. The maximum absolute atomic E-state index is 13.0. The van der Waals surface area contributed by atoms with Gasteiger partial charge in [0, 0.05) is 17.4 Å². The van der Waals surface area contributed by atoms with Gasteiger partial charge in [-0.3, -0.25) is 9.78 Å². The van der Waals surface area contributed by atoms with Gasteiger partial charge >= 0.3 is 0 Å². The first kappa shape index (κ1) is 14.7. The molecule has 0 aliphatic carbocycles. The van der Waals surface area contributed by atoms with Gasteiger partial charge in [0.15, 0.2) is 0 Å². The maximum atomic E-state index is 13.0. The van der Waals surface area contributed by atoms with Crippen LogP contribution >= 0.6 is 0 Å². The minimum Gasteiger partial charge on any atom is -0.384 e. The van der Waals surface area contributed by atoms with Crippen LogP contribution < -0.4 is 5.32 Å². The van der Waals surface area contributed by atoms with Gasteiger partial charge in [0.05, 0.1) is 11.8 Å². The van der Waals surface area contributed by atoms with E-state index in [9.17, 15) is 9.18 Å². The molecule has 21 heavy (non-hydrogen) atoms. The molecule has 0 fully saturated rings. The second-order valence-electron chi connectivity index (χ2n) is 4.34. The number of pyridine rings is 1. The summed E-state index contributed by atoms with van der Waals surface area (Å²) in [5.41, 5.74) is 2.32. The van der Waals surface area contributed by atoms with E-state index in [-0.39, 0.29) is 12.2 Å². The molecular formula is C16H13FN2O2. The number of carbonyl (C=O) groups is 1. The highest BCUT2D eigenvalue weighted by Crippen LogP contribution is 2.17. The van der Waals surface area contributed by atoms with Gasteiger partial charge in [-0.25, -0.2) is 4.39 Å². The minimum absolute atomic E-state index is 0.151. The molecule has 1 amide bonds. The highest BCUT2D eigenvalue weighted by Gasteiger charge is 2.09. The number of amides is 1. The third kappa shape index (κ3) is 3.88. The van der Waals surface area contributed by atoms with E-state index in [1.165, 1.54) is 6.20 Å². The van der Waals surface area contributed by atoms with E-state index < -0.39 is 11.7 Å². The van der Waals surface area contributed by atoms with Gasteiger partial charge in [0.2, 0.25) is 0 Å².